The van der Waals surface area contributed by atoms with Gasteiger partial charge in [0.05, 0.1) is 16.7 Å². The number of nitriles is 1. The fraction of sp³-hybridized carbons (Fsp3) is 0.200. The summed E-state index contributed by atoms with van der Waals surface area (Å²) in [6.07, 6.45) is -0.194. The second-order valence-electron chi connectivity index (χ2n) is 7.59. The van der Waals surface area contributed by atoms with E-state index in [4.69, 9.17) is 4.74 Å². The van der Waals surface area contributed by atoms with Gasteiger partial charge < -0.3 is 4.74 Å². The van der Waals surface area contributed by atoms with E-state index < -0.39 is 21.5 Å². The number of fused-ring (bicyclic) bond motifs is 1. The Morgan fingerprint density at radius 2 is 1.59 bits per heavy atom. The molecular formula is C25H22N2O4S. The Morgan fingerprint density at radius 1 is 0.969 bits per heavy atom. The van der Waals surface area contributed by atoms with Crippen LogP contribution in [0.5, 0.6) is 5.75 Å². The van der Waals surface area contributed by atoms with Crippen molar-refractivity contribution in [1.29, 1.82) is 5.26 Å². The van der Waals surface area contributed by atoms with Gasteiger partial charge in [0.25, 0.3) is 0 Å². The summed E-state index contributed by atoms with van der Waals surface area (Å²) in [7, 11) is -3.65. The molecule has 32 heavy (non-hydrogen) atoms. The topological polar surface area (TPSA) is 87.5 Å². The van der Waals surface area contributed by atoms with E-state index in [1.54, 1.807) is 54.6 Å². The molecule has 3 aromatic carbocycles. The van der Waals surface area contributed by atoms with E-state index in [1.807, 2.05) is 18.2 Å². The molecule has 0 radical (unpaired) electrons. The van der Waals surface area contributed by atoms with Crippen molar-refractivity contribution in [2.24, 2.45) is 0 Å². The maximum absolute atomic E-state index is 13.1. The first-order valence-corrected chi connectivity index (χ1v) is 11.9. The molecule has 0 bridgehead atoms. The molecule has 7 heteroatoms. The van der Waals surface area contributed by atoms with E-state index in [1.165, 1.54) is 17.0 Å². The molecule has 6 nitrogen and oxygen atoms in total. The molecular weight excluding hydrogens is 424 g/mol. The van der Waals surface area contributed by atoms with Crippen LogP contribution in [0, 0.1) is 11.3 Å². The Hall–Kier alpha value is -3.63. The Bertz CT molecular complexity index is 1250. The number of ether oxygens (including phenoxy) is 1. The lowest BCUT2D eigenvalue weighted by Gasteiger charge is -2.42. The number of nitrogens with zero attached hydrogens (tertiary/aromatic N) is 2. The molecule has 1 aliphatic heterocycles. The molecule has 0 saturated carbocycles. The van der Waals surface area contributed by atoms with Crippen LogP contribution < -0.4 is 4.74 Å². The predicted octanol–water partition coefficient (Wildman–Crippen LogP) is 4.33. The van der Waals surface area contributed by atoms with Gasteiger partial charge in [0.1, 0.15) is 5.75 Å². The summed E-state index contributed by atoms with van der Waals surface area (Å²) in [5.74, 6) is 0.0775. The van der Waals surface area contributed by atoms with Crippen molar-refractivity contribution in [2.45, 2.75) is 23.3 Å². The molecule has 1 heterocycles. The average Bonchev–Trinajstić information content (AvgIpc) is 2.83. The van der Waals surface area contributed by atoms with Crippen molar-refractivity contribution in [3.05, 3.63) is 96.1 Å². The van der Waals surface area contributed by atoms with Gasteiger partial charge >= 0.3 is 6.09 Å². The zero-order valence-electron chi connectivity index (χ0n) is 17.3. The standard InChI is InChI=1S/C25H22N2O4S/c26-19-25(16-18-32(29,30)22-12-5-2-6-13-22)23-14-8-7-9-20(23)15-17-27(25)24(28)31-21-10-3-1-4-11-21/h1-14H,15-18H2. The lowest BCUT2D eigenvalue weighted by atomic mass is 9.80. The van der Waals surface area contributed by atoms with Crippen molar-refractivity contribution in [3.8, 4) is 11.8 Å². The number of hydrogen-bond donors (Lipinski definition) is 0. The average molecular weight is 447 g/mol. The normalized spacial score (nSPS) is 17.8. The number of hydrogen-bond acceptors (Lipinski definition) is 5. The number of para-hydroxylation sites is 1. The first-order chi connectivity index (χ1) is 15.5. The first kappa shape index (κ1) is 21.6. The van der Waals surface area contributed by atoms with Crippen LogP contribution in [0.2, 0.25) is 0 Å². The van der Waals surface area contributed by atoms with Gasteiger partial charge in [0.15, 0.2) is 15.4 Å². The van der Waals surface area contributed by atoms with Gasteiger partial charge in [-0.1, -0.05) is 60.7 Å². The van der Waals surface area contributed by atoms with Crippen LogP contribution in [0.3, 0.4) is 0 Å². The molecule has 0 N–H and O–H groups in total. The number of carbonyl (C=O) groups is 1. The van der Waals surface area contributed by atoms with Crippen LogP contribution in [-0.2, 0) is 21.8 Å². The van der Waals surface area contributed by atoms with E-state index >= 15 is 0 Å². The van der Waals surface area contributed by atoms with E-state index in [-0.39, 0.29) is 23.6 Å². The molecule has 4 rings (SSSR count). The minimum absolute atomic E-state index is 0.0678. The maximum atomic E-state index is 13.1. The number of amides is 1. The molecule has 1 aliphatic rings. The third-order valence-electron chi connectivity index (χ3n) is 5.72. The quantitative estimate of drug-likeness (QED) is 0.582. The molecule has 0 aromatic heterocycles. The van der Waals surface area contributed by atoms with Gasteiger partial charge in [-0.15, -0.1) is 0 Å². The molecule has 0 aliphatic carbocycles. The van der Waals surface area contributed by atoms with Crippen LogP contribution in [-0.4, -0.2) is 31.7 Å². The molecule has 1 amide bonds. The van der Waals surface area contributed by atoms with Crippen molar-refractivity contribution in [1.82, 2.24) is 4.90 Å². The largest absolute Gasteiger partial charge is 0.416 e. The molecule has 1 unspecified atom stereocenters. The van der Waals surface area contributed by atoms with E-state index in [0.717, 1.165) is 5.56 Å². The van der Waals surface area contributed by atoms with Gasteiger partial charge in [0.2, 0.25) is 0 Å². The molecule has 162 valence electrons. The summed E-state index contributed by atoms with van der Waals surface area (Å²) in [6.45, 7) is 0.252. The molecule has 0 fully saturated rings. The highest BCUT2D eigenvalue weighted by Crippen LogP contribution is 2.39. The number of rotatable bonds is 5. The van der Waals surface area contributed by atoms with Crippen molar-refractivity contribution in [2.75, 3.05) is 12.3 Å². The van der Waals surface area contributed by atoms with Gasteiger partial charge in [-0.25, -0.2) is 13.2 Å². The monoisotopic (exact) mass is 446 g/mol. The number of sulfone groups is 1. The summed E-state index contributed by atoms with van der Waals surface area (Å²) in [5.41, 5.74) is 0.111. The van der Waals surface area contributed by atoms with Crippen LogP contribution >= 0.6 is 0 Å². The second-order valence-corrected chi connectivity index (χ2v) is 9.70. The van der Waals surface area contributed by atoms with Crippen LogP contribution in [0.25, 0.3) is 0 Å². The number of benzene rings is 3. The van der Waals surface area contributed by atoms with Crippen LogP contribution in [0.4, 0.5) is 4.79 Å². The highest BCUT2D eigenvalue weighted by molar-refractivity contribution is 7.91. The predicted molar refractivity (Wildman–Crippen MR) is 120 cm³/mol. The summed E-state index contributed by atoms with van der Waals surface area (Å²) in [5, 5.41) is 10.3. The smallest absolute Gasteiger partial charge is 0.410 e. The van der Waals surface area contributed by atoms with E-state index in [0.29, 0.717) is 17.7 Å². The number of carbonyl (C=O) groups excluding carboxylic acids is 1. The zero-order chi connectivity index (χ0) is 22.6. The summed E-state index contributed by atoms with van der Waals surface area (Å²) in [6, 6.07) is 26.4. The zero-order valence-corrected chi connectivity index (χ0v) is 18.2. The minimum atomic E-state index is -3.65. The van der Waals surface area contributed by atoms with Gasteiger partial charge in [-0.3, -0.25) is 4.90 Å². The first-order valence-electron chi connectivity index (χ1n) is 10.3. The minimum Gasteiger partial charge on any atom is -0.410 e. The Kier molecular flexibility index (Phi) is 5.97. The lowest BCUT2D eigenvalue weighted by molar-refractivity contribution is 0.0977. The van der Waals surface area contributed by atoms with Crippen molar-refractivity contribution < 1.29 is 17.9 Å². The van der Waals surface area contributed by atoms with Crippen molar-refractivity contribution in [3.63, 3.8) is 0 Å². The summed E-state index contributed by atoms with van der Waals surface area (Å²) >= 11 is 0. The third-order valence-corrected chi connectivity index (χ3v) is 7.45. The third kappa shape index (κ3) is 4.10. The second kappa shape index (κ2) is 8.85. The summed E-state index contributed by atoms with van der Waals surface area (Å²) < 4.78 is 31.5. The van der Waals surface area contributed by atoms with Crippen LogP contribution in [0.1, 0.15) is 17.5 Å². The SMILES string of the molecule is N#CC1(CCS(=O)(=O)c2ccccc2)c2ccccc2CCN1C(=O)Oc1ccccc1. The Balaban J connectivity index is 1.70. The lowest BCUT2D eigenvalue weighted by Crippen LogP contribution is -2.54. The fourth-order valence-electron chi connectivity index (χ4n) is 4.08. The molecule has 1 atom stereocenters. The van der Waals surface area contributed by atoms with Gasteiger partial charge in [-0.05, 0) is 41.8 Å². The highest BCUT2D eigenvalue weighted by atomic mass is 32.2. The van der Waals surface area contributed by atoms with E-state index in [9.17, 15) is 18.5 Å². The Morgan fingerprint density at radius 3 is 2.28 bits per heavy atom. The molecule has 0 spiro atoms. The van der Waals surface area contributed by atoms with Crippen molar-refractivity contribution >= 4 is 15.9 Å². The fourth-order valence-corrected chi connectivity index (χ4v) is 5.45. The van der Waals surface area contributed by atoms with Gasteiger partial charge in [0, 0.05) is 13.0 Å². The molecule has 0 saturated heterocycles. The molecule has 3 aromatic rings. The maximum Gasteiger partial charge on any atom is 0.416 e. The van der Waals surface area contributed by atoms with Gasteiger partial charge in [-0.2, -0.15) is 5.26 Å². The van der Waals surface area contributed by atoms with Crippen LogP contribution in [0.15, 0.2) is 89.8 Å². The highest BCUT2D eigenvalue weighted by Gasteiger charge is 2.47. The van der Waals surface area contributed by atoms with E-state index in [2.05, 4.69) is 6.07 Å². The Labute approximate surface area is 187 Å². The summed E-state index contributed by atoms with van der Waals surface area (Å²) in [4.78, 5) is 14.7.